The van der Waals surface area contributed by atoms with E-state index < -0.39 is 12.0 Å². The monoisotopic (exact) mass is 256 g/mol. The zero-order chi connectivity index (χ0) is 13.7. The van der Waals surface area contributed by atoms with Crippen LogP contribution in [0.25, 0.3) is 0 Å². The Hall–Kier alpha value is -2.19. The number of carboxylic acids is 1. The molecule has 0 aliphatic heterocycles. The fraction of sp³-hybridized carbons (Fsp3) is 0.667. The largest absolute Gasteiger partial charge is 0.481 e. The molecule has 0 bridgehead atoms. The zero-order valence-electron chi connectivity index (χ0n) is 10.2. The number of nitrogens with two attached hydrogens (primary N) is 1. The molecule has 0 aliphatic rings. The molecule has 0 saturated carbocycles. The van der Waals surface area contributed by atoms with Crippen molar-refractivity contribution < 1.29 is 14.7 Å². The summed E-state index contributed by atoms with van der Waals surface area (Å²) < 4.78 is 1.13. The van der Waals surface area contributed by atoms with Gasteiger partial charge in [0.25, 0.3) is 0 Å². The van der Waals surface area contributed by atoms with Crippen molar-refractivity contribution in [1.29, 1.82) is 0 Å². The molecule has 100 valence electrons. The van der Waals surface area contributed by atoms with Crippen molar-refractivity contribution in [3.05, 3.63) is 0 Å². The smallest absolute Gasteiger partial charge is 0.305 e. The highest BCUT2D eigenvalue weighted by molar-refractivity contribution is 5.77. The Labute approximate surface area is 103 Å². The van der Waals surface area contributed by atoms with Gasteiger partial charge in [-0.15, -0.1) is 0 Å². The number of anilines is 1. The van der Waals surface area contributed by atoms with Crippen LogP contribution in [0.2, 0.25) is 0 Å². The number of hydrogen-bond acceptors (Lipinski definition) is 6. The molecule has 0 aliphatic carbocycles. The first kappa shape index (κ1) is 13.9. The molecule has 18 heavy (non-hydrogen) atoms. The van der Waals surface area contributed by atoms with Crippen LogP contribution in [0.5, 0.6) is 0 Å². The molecule has 1 aromatic rings. The maximum absolute atomic E-state index is 11.7. The van der Waals surface area contributed by atoms with Gasteiger partial charge in [0.2, 0.25) is 11.9 Å². The van der Waals surface area contributed by atoms with Crippen LogP contribution >= 0.6 is 0 Å². The molecule has 9 nitrogen and oxygen atoms in total. The third-order valence-electron chi connectivity index (χ3n) is 2.40. The summed E-state index contributed by atoms with van der Waals surface area (Å²) in [5.41, 5.74) is 5.41. The van der Waals surface area contributed by atoms with Gasteiger partial charge in [0, 0.05) is 6.04 Å². The van der Waals surface area contributed by atoms with E-state index in [2.05, 4.69) is 20.8 Å². The number of carbonyl (C=O) groups is 2. The third kappa shape index (κ3) is 4.00. The summed E-state index contributed by atoms with van der Waals surface area (Å²) in [6.07, 6.45) is -0.130. The Balaban J connectivity index is 2.56. The molecule has 0 aromatic carbocycles. The molecule has 0 radical (unpaired) electrons. The van der Waals surface area contributed by atoms with E-state index >= 15 is 0 Å². The van der Waals surface area contributed by atoms with Crippen molar-refractivity contribution in [2.45, 2.75) is 32.9 Å². The number of tetrazole rings is 1. The van der Waals surface area contributed by atoms with Crippen LogP contribution in [0.4, 0.5) is 5.95 Å². The fourth-order valence-corrected chi connectivity index (χ4v) is 1.35. The van der Waals surface area contributed by atoms with Gasteiger partial charge < -0.3 is 16.2 Å². The van der Waals surface area contributed by atoms with Gasteiger partial charge in [-0.3, -0.25) is 9.59 Å². The SMILES string of the molecule is CC(C)[C@H](CC(=O)O)NC(=O)Cn1nnnc1N. The van der Waals surface area contributed by atoms with Crippen LogP contribution in [0.3, 0.4) is 0 Å². The Bertz CT molecular complexity index is 430. The lowest BCUT2D eigenvalue weighted by Crippen LogP contribution is -2.41. The minimum atomic E-state index is -0.962. The standard InChI is InChI=1S/C9H16N6O3/c1-5(2)6(3-8(17)18)11-7(16)4-15-9(10)12-13-14-15/h5-6H,3-4H2,1-2H3,(H,11,16)(H,17,18)(H2,10,12,14)/t6-/m0/s1. The van der Waals surface area contributed by atoms with Crippen LogP contribution in [0.1, 0.15) is 20.3 Å². The van der Waals surface area contributed by atoms with Gasteiger partial charge in [-0.2, -0.15) is 0 Å². The molecule has 0 unspecified atom stereocenters. The van der Waals surface area contributed by atoms with Crippen molar-refractivity contribution >= 4 is 17.8 Å². The van der Waals surface area contributed by atoms with E-state index in [1.54, 1.807) is 0 Å². The molecule has 1 amide bonds. The Morgan fingerprint density at radius 1 is 1.50 bits per heavy atom. The van der Waals surface area contributed by atoms with E-state index in [1.807, 2.05) is 13.8 Å². The third-order valence-corrected chi connectivity index (χ3v) is 2.40. The molecule has 4 N–H and O–H groups in total. The van der Waals surface area contributed by atoms with Crippen molar-refractivity contribution in [2.24, 2.45) is 5.92 Å². The summed E-state index contributed by atoms with van der Waals surface area (Å²) in [5.74, 6) is -1.30. The molecule has 1 aromatic heterocycles. The fourth-order valence-electron chi connectivity index (χ4n) is 1.35. The highest BCUT2D eigenvalue weighted by atomic mass is 16.4. The van der Waals surface area contributed by atoms with Gasteiger partial charge in [-0.05, 0) is 16.3 Å². The van der Waals surface area contributed by atoms with E-state index in [4.69, 9.17) is 10.8 Å². The maximum Gasteiger partial charge on any atom is 0.305 e. The molecule has 0 saturated heterocycles. The summed E-state index contributed by atoms with van der Waals surface area (Å²) in [6, 6.07) is -0.437. The molecular formula is C9H16N6O3. The van der Waals surface area contributed by atoms with Crippen LogP contribution in [0, 0.1) is 5.92 Å². The van der Waals surface area contributed by atoms with Crippen molar-refractivity contribution in [2.75, 3.05) is 5.73 Å². The molecule has 0 fully saturated rings. The Morgan fingerprint density at radius 2 is 2.17 bits per heavy atom. The number of amides is 1. The lowest BCUT2D eigenvalue weighted by Gasteiger charge is -2.20. The van der Waals surface area contributed by atoms with Crippen molar-refractivity contribution in [1.82, 2.24) is 25.5 Å². The summed E-state index contributed by atoms with van der Waals surface area (Å²) in [5, 5.41) is 21.6. The zero-order valence-corrected chi connectivity index (χ0v) is 10.2. The van der Waals surface area contributed by atoms with Gasteiger partial charge in [-0.1, -0.05) is 18.9 Å². The Kier molecular flexibility index (Phi) is 4.58. The minimum Gasteiger partial charge on any atom is -0.481 e. The number of carbonyl (C=O) groups excluding carboxylic acids is 1. The molecule has 9 heteroatoms. The van der Waals surface area contributed by atoms with Crippen LogP contribution in [-0.4, -0.2) is 43.2 Å². The molecular weight excluding hydrogens is 240 g/mol. The van der Waals surface area contributed by atoms with E-state index in [0.29, 0.717) is 0 Å². The Morgan fingerprint density at radius 3 is 2.61 bits per heavy atom. The summed E-state index contributed by atoms with van der Waals surface area (Å²) in [6.45, 7) is 3.53. The van der Waals surface area contributed by atoms with E-state index in [0.717, 1.165) is 4.68 Å². The predicted octanol–water partition coefficient (Wildman–Crippen LogP) is -1.13. The second-order valence-corrected chi connectivity index (χ2v) is 4.21. The lowest BCUT2D eigenvalue weighted by atomic mass is 10.0. The molecule has 1 heterocycles. The first-order valence-corrected chi connectivity index (χ1v) is 5.43. The lowest BCUT2D eigenvalue weighted by molar-refractivity contribution is -0.138. The predicted molar refractivity (Wildman–Crippen MR) is 61.3 cm³/mol. The van der Waals surface area contributed by atoms with Gasteiger partial charge in [0.05, 0.1) is 6.42 Å². The first-order chi connectivity index (χ1) is 8.40. The first-order valence-electron chi connectivity index (χ1n) is 5.43. The van der Waals surface area contributed by atoms with Crippen LogP contribution < -0.4 is 11.1 Å². The minimum absolute atomic E-state index is 0.0104. The summed E-state index contributed by atoms with van der Waals surface area (Å²) in [4.78, 5) is 22.3. The molecule has 1 atom stereocenters. The second-order valence-electron chi connectivity index (χ2n) is 4.21. The second kappa shape index (κ2) is 5.94. The summed E-state index contributed by atoms with van der Waals surface area (Å²) in [7, 11) is 0. The van der Waals surface area contributed by atoms with E-state index in [-0.39, 0.29) is 30.7 Å². The van der Waals surface area contributed by atoms with Gasteiger partial charge in [0.1, 0.15) is 6.54 Å². The van der Waals surface area contributed by atoms with E-state index in [9.17, 15) is 9.59 Å². The number of aliphatic carboxylic acids is 1. The topological polar surface area (TPSA) is 136 Å². The molecule has 0 spiro atoms. The van der Waals surface area contributed by atoms with Crippen LogP contribution in [0.15, 0.2) is 0 Å². The highest BCUT2D eigenvalue weighted by Crippen LogP contribution is 2.06. The average molecular weight is 256 g/mol. The quantitative estimate of drug-likeness (QED) is 0.585. The number of nitrogen functional groups attached to an aromatic ring is 1. The highest BCUT2D eigenvalue weighted by Gasteiger charge is 2.20. The van der Waals surface area contributed by atoms with Crippen molar-refractivity contribution in [3.8, 4) is 0 Å². The maximum atomic E-state index is 11.7. The number of nitrogens with one attached hydrogen (secondary N) is 1. The van der Waals surface area contributed by atoms with Gasteiger partial charge in [0.15, 0.2) is 0 Å². The number of rotatable bonds is 6. The summed E-state index contributed by atoms with van der Waals surface area (Å²) >= 11 is 0. The van der Waals surface area contributed by atoms with Crippen molar-refractivity contribution in [3.63, 3.8) is 0 Å². The number of hydrogen-bond donors (Lipinski definition) is 3. The normalized spacial score (nSPS) is 12.4. The van der Waals surface area contributed by atoms with Gasteiger partial charge in [-0.25, -0.2) is 4.68 Å². The van der Waals surface area contributed by atoms with Crippen LogP contribution in [-0.2, 0) is 16.1 Å². The number of carboxylic acid groups (broad SMARTS) is 1. The van der Waals surface area contributed by atoms with Gasteiger partial charge >= 0.3 is 5.97 Å². The number of aromatic nitrogens is 4. The van der Waals surface area contributed by atoms with E-state index in [1.165, 1.54) is 0 Å². The number of nitrogens with zero attached hydrogens (tertiary/aromatic N) is 4. The molecule has 1 rings (SSSR count). The average Bonchev–Trinajstić information content (AvgIpc) is 2.62.